The number of aromatic nitrogens is 1. The quantitative estimate of drug-likeness (QED) is 0.348. The number of hydrogen-bond donors (Lipinski definition) is 4. The molecule has 0 aliphatic carbocycles. The number of pyridine rings is 1. The summed E-state index contributed by atoms with van der Waals surface area (Å²) in [6.07, 6.45) is 1.03. The Morgan fingerprint density at radius 2 is 2.04 bits per heavy atom. The number of quaternary nitrogens is 1. The monoisotopic (exact) mass is 405 g/mol. The van der Waals surface area contributed by atoms with Crippen LogP contribution in [-0.2, 0) is 6.54 Å². The third-order valence-electron chi connectivity index (χ3n) is 5.08. The Morgan fingerprint density at radius 1 is 1.29 bits per heavy atom. The smallest absolute Gasteiger partial charge is 0.253 e. The maximum absolute atomic E-state index is 12.5. The van der Waals surface area contributed by atoms with Gasteiger partial charge in [0.15, 0.2) is 5.11 Å². The Bertz CT molecular complexity index is 833. The molecule has 0 amide bonds. The van der Waals surface area contributed by atoms with E-state index in [2.05, 4.69) is 24.1 Å². The van der Waals surface area contributed by atoms with Gasteiger partial charge in [-0.3, -0.25) is 4.79 Å². The van der Waals surface area contributed by atoms with E-state index in [-0.39, 0.29) is 12.2 Å². The summed E-state index contributed by atoms with van der Waals surface area (Å²) in [5.41, 5.74) is 2.47. The van der Waals surface area contributed by atoms with E-state index in [1.807, 2.05) is 36.1 Å². The zero-order chi connectivity index (χ0) is 20.5. The van der Waals surface area contributed by atoms with Crippen molar-refractivity contribution >= 4 is 28.2 Å². The van der Waals surface area contributed by atoms with Crippen LogP contribution in [0, 0.1) is 6.92 Å². The number of hydrogen-bond acceptors (Lipinski definition) is 3. The van der Waals surface area contributed by atoms with Crippen LogP contribution in [0.1, 0.15) is 31.4 Å². The first-order valence-corrected chi connectivity index (χ1v) is 10.5. The second kappa shape index (κ2) is 11.1. The van der Waals surface area contributed by atoms with Gasteiger partial charge in [0.2, 0.25) is 0 Å². The number of fused-ring (bicyclic) bond motifs is 1. The number of nitrogens with one attached hydrogen (secondary N) is 3. The van der Waals surface area contributed by atoms with Crippen LogP contribution in [0.15, 0.2) is 29.1 Å². The molecular weight excluding hydrogens is 372 g/mol. The molecule has 0 fully saturated rings. The molecule has 0 bridgehead atoms. The number of nitrogens with zero attached hydrogens (tertiary/aromatic N) is 1. The third-order valence-corrected chi connectivity index (χ3v) is 5.48. The van der Waals surface area contributed by atoms with Gasteiger partial charge in [-0.1, -0.05) is 12.1 Å². The zero-order valence-corrected chi connectivity index (χ0v) is 18.0. The topological polar surface area (TPSA) is 72.8 Å². The van der Waals surface area contributed by atoms with Crippen molar-refractivity contribution in [3.63, 3.8) is 0 Å². The van der Waals surface area contributed by atoms with Gasteiger partial charge in [0.05, 0.1) is 32.8 Å². The first-order valence-electron chi connectivity index (χ1n) is 10.1. The second-order valence-corrected chi connectivity index (χ2v) is 7.54. The fourth-order valence-electron chi connectivity index (χ4n) is 3.31. The number of benzene rings is 1. The van der Waals surface area contributed by atoms with E-state index >= 15 is 0 Å². The van der Waals surface area contributed by atoms with Gasteiger partial charge in [-0.15, -0.1) is 0 Å². The van der Waals surface area contributed by atoms with E-state index in [0.29, 0.717) is 23.8 Å². The van der Waals surface area contributed by atoms with E-state index in [1.54, 1.807) is 4.90 Å². The van der Waals surface area contributed by atoms with Crippen LogP contribution in [0.4, 0.5) is 0 Å². The molecule has 6 nitrogen and oxygen atoms in total. The Balaban J connectivity index is 2.02. The molecular formula is C21H33N4O2S+. The average molecular weight is 406 g/mol. The lowest BCUT2D eigenvalue weighted by Crippen LogP contribution is -3.11. The molecule has 7 heteroatoms. The highest BCUT2D eigenvalue weighted by atomic mass is 32.1. The van der Waals surface area contributed by atoms with Crippen LogP contribution < -0.4 is 15.8 Å². The maximum atomic E-state index is 12.5. The van der Waals surface area contributed by atoms with Crippen LogP contribution in [0.2, 0.25) is 0 Å². The van der Waals surface area contributed by atoms with E-state index in [4.69, 9.17) is 12.2 Å². The molecule has 28 heavy (non-hydrogen) atoms. The average Bonchev–Trinajstić information content (AvgIpc) is 2.68. The number of thiocarbonyl (C=S) groups is 1. The van der Waals surface area contributed by atoms with Crippen molar-refractivity contribution in [1.82, 2.24) is 15.2 Å². The molecule has 1 heterocycles. The first-order chi connectivity index (χ1) is 13.5. The van der Waals surface area contributed by atoms with Gasteiger partial charge in [-0.05, 0) is 56.1 Å². The van der Waals surface area contributed by atoms with E-state index in [1.165, 1.54) is 0 Å². The standard InChI is InChI=1S/C21H32N4O2S/c1-4-24(5-2)10-6-9-22-21(28)25(11-12-26)15-18-14-17-8-7-16(3)13-19(17)23-20(18)27/h7-8,13-14,26H,4-6,9-12,15H2,1-3H3,(H,22,28)(H,23,27)/p+1. The molecule has 0 saturated carbocycles. The number of aromatic amines is 1. The van der Waals surface area contributed by atoms with Gasteiger partial charge >= 0.3 is 0 Å². The lowest BCUT2D eigenvalue weighted by molar-refractivity contribution is -0.896. The van der Waals surface area contributed by atoms with Gasteiger partial charge in [-0.25, -0.2) is 0 Å². The highest BCUT2D eigenvalue weighted by molar-refractivity contribution is 7.80. The Morgan fingerprint density at radius 3 is 2.71 bits per heavy atom. The minimum absolute atomic E-state index is 0.0178. The van der Waals surface area contributed by atoms with Gasteiger partial charge < -0.3 is 25.2 Å². The van der Waals surface area contributed by atoms with Crippen LogP contribution in [0.25, 0.3) is 10.9 Å². The van der Waals surface area contributed by atoms with Gasteiger partial charge in [0.25, 0.3) is 5.56 Å². The SMILES string of the molecule is CC[NH+](CC)CCCNC(=S)N(CCO)Cc1cc2ccc(C)cc2[nH]c1=O. The second-order valence-electron chi connectivity index (χ2n) is 7.15. The molecule has 0 atom stereocenters. The van der Waals surface area contributed by atoms with Crippen molar-refractivity contribution in [3.05, 3.63) is 45.7 Å². The molecule has 0 unspecified atom stereocenters. The lowest BCUT2D eigenvalue weighted by Gasteiger charge is -2.25. The van der Waals surface area contributed by atoms with Crippen LogP contribution in [-0.4, -0.2) is 59.4 Å². The molecule has 0 aliphatic rings. The third kappa shape index (κ3) is 6.29. The predicted octanol–water partition coefficient (Wildman–Crippen LogP) is 0.820. The summed E-state index contributed by atoms with van der Waals surface area (Å²) in [6.45, 7) is 11.3. The zero-order valence-electron chi connectivity index (χ0n) is 17.2. The summed E-state index contributed by atoms with van der Waals surface area (Å²) < 4.78 is 0. The normalized spacial score (nSPS) is 11.2. The number of aliphatic hydroxyl groups is 1. The van der Waals surface area contributed by atoms with Crippen LogP contribution in [0.3, 0.4) is 0 Å². The Kier molecular flexibility index (Phi) is 8.89. The van der Waals surface area contributed by atoms with Crippen molar-refractivity contribution in [2.24, 2.45) is 0 Å². The number of aryl methyl sites for hydroxylation is 1. The molecule has 1 aromatic heterocycles. The summed E-state index contributed by atoms with van der Waals surface area (Å²) in [5.74, 6) is 0. The Hall–Kier alpha value is -1.96. The fourth-order valence-corrected chi connectivity index (χ4v) is 3.56. The molecule has 2 rings (SSSR count). The summed E-state index contributed by atoms with van der Waals surface area (Å²) in [5, 5.41) is 14.3. The molecule has 0 saturated heterocycles. The van der Waals surface area contributed by atoms with Crippen molar-refractivity contribution in [3.8, 4) is 0 Å². The lowest BCUT2D eigenvalue weighted by atomic mass is 10.1. The minimum atomic E-state index is -0.117. The molecule has 4 N–H and O–H groups in total. The highest BCUT2D eigenvalue weighted by Crippen LogP contribution is 2.14. The number of H-pyrrole nitrogens is 1. The molecule has 1 aromatic carbocycles. The van der Waals surface area contributed by atoms with Crippen molar-refractivity contribution in [2.75, 3.05) is 39.3 Å². The number of aliphatic hydroxyl groups excluding tert-OH is 1. The van der Waals surface area contributed by atoms with Crippen molar-refractivity contribution < 1.29 is 10.0 Å². The van der Waals surface area contributed by atoms with Gasteiger partial charge in [0.1, 0.15) is 0 Å². The summed E-state index contributed by atoms with van der Waals surface area (Å²) >= 11 is 5.52. The number of rotatable bonds is 10. The molecule has 0 radical (unpaired) electrons. The van der Waals surface area contributed by atoms with Crippen LogP contribution in [0.5, 0.6) is 0 Å². The van der Waals surface area contributed by atoms with Crippen molar-refractivity contribution in [2.45, 2.75) is 33.7 Å². The minimum Gasteiger partial charge on any atom is -0.395 e. The van der Waals surface area contributed by atoms with Crippen LogP contribution >= 0.6 is 12.2 Å². The molecule has 0 spiro atoms. The van der Waals surface area contributed by atoms with Gasteiger partial charge in [0, 0.05) is 30.6 Å². The Labute approximate surface area is 172 Å². The summed E-state index contributed by atoms with van der Waals surface area (Å²) in [7, 11) is 0. The fraction of sp³-hybridized carbons (Fsp3) is 0.524. The highest BCUT2D eigenvalue weighted by Gasteiger charge is 2.13. The van der Waals surface area contributed by atoms with Gasteiger partial charge in [-0.2, -0.15) is 0 Å². The van der Waals surface area contributed by atoms with E-state index in [9.17, 15) is 9.90 Å². The molecule has 0 aliphatic heterocycles. The van der Waals surface area contributed by atoms with E-state index < -0.39 is 0 Å². The maximum Gasteiger partial charge on any atom is 0.253 e. The molecule has 154 valence electrons. The molecule has 2 aromatic rings. The largest absolute Gasteiger partial charge is 0.395 e. The first kappa shape index (κ1) is 22.3. The summed E-state index contributed by atoms with van der Waals surface area (Å²) in [4.78, 5) is 18.9. The van der Waals surface area contributed by atoms with E-state index in [0.717, 1.165) is 49.1 Å². The van der Waals surface area contributed by atoms with Crippen molar-refractivity contribution in [1.29, 1.82) is 0 Å². The predicted molar refractivity (Wildman–Crippen MR) is 119 cm³/mol. The summed E-state index contributed by atoms with van der Waals surface area (Å²) in [6, 6.07) is 7.91.